The molecule has 0 unspecified atom stereocenters. The van der Waals surface area contributed by atoms with Crippen LogP contribution in [0, 0.1) is 11.7 Å². The molecule has 4 nitrogen and oxygen atoms in total. The van der Waals surface area contributed by atoms with Crippen LogP contribution in [0.25, 0.3) is 21.2 Å². The van der Waals surface area contributed by atoms with Crippen molar-refractivity contribution in [3.63, 3.8) is 0 Å². The maximum Gasteiger partial charge on any atom is 0.266 e. The van der Waals surface area contributed by atoms with E-state index in [1.807, 2.05) is 41.4 Å². The zero-order valence-corrected chi connectivity index (χ0v) is 22.6. The molecular formula is C30H30ClFN2O2S. The highest BCUT2D eigenvalue weighted by molar-refractivity contribution is 7.21. The topological polar surface area (TPSA) is 42.4 Å². The third-order valence-electron chi connectivity index (χ3n) is 7.51. The average molecular weight is 537 g/mol. The van der Waals surface area contributed by atoms with Crippen molar-refractivity contribution in [1.29, 1.82) is 0 Å². The predicted octanol–water partition coefficient (Wildman–Crippen LogP) is 8.38. The summed E-state index contributed by atoms with van der Waals surface area (Å²) in [4.78, 5) is 20.7. The fraction of sp³-hybridized carbons (Fsp3) is 0.333. The van der Waals surface area contributed by atoms with E-state index in [2.05, 4.69) is 18.0 Å². The van der Waals surface area contributed by atoms with Crippen molar-refractivity contribution in [2.75, 3.05) is 7.11 Å². The van der Waals surface area contributed by atoms with Crippen molar-refractivity contribution in [1.82, 2.24) is 9.88 Å². The molecule has 7 heteroatoms. The Hall–Kier alpha value is -2.96. The highest BCUT2D eigenvalue weighted by Crippen LogP contribution is 2.40. The zero-order chi connectivity index (χ0) is 25.9. The van der Waals surface area contributed by atoms with Crippen molar-refractivity contribution in [2.24, 2.45) is 5.92 Å². The summed E-state index contributed by atoms with van der Waals surface area (Å²) in [6, 6.07) is 14.9. The van der Waals surface area contributed by atoms with Gasteiger partial charge in [-0.25, -0.2) is 4.39 Å². The normalized spacial score (nSPS) is 17.6. The number of rotatable bonds is 7. The van der Waals surface area contributed by atoms with E-state index >= 15 is 0 Å². The van der Waals surface area contributed by atoms with E-state index in [1.165, 1.54) is 17.4 Å². The van der Waals surface area contributed by atoms with E-state index < -0.39 is 5.82 Å². The third kappa shape index (κ3) is 5.23. The molecule has 2 heterocycles. The van der Waals surface area contributed by atoms with Crippen molar-refractivity contribution in [3.05, 3.63) is 82.2 Å². The number of pyridine rings is 1. The van der Waals surface area contributed by atoms with Gasteiger partial charge < -0.3 is 9.64 Å². The molecule has 1 saturated carbocycles. The second kappa shape index (κ2) is 11.2. The van der Waals surface area contributed by atoms with Gasteiger partial charge in [-0.1, -0.05) is 43.1 Å². The summed E-state index contributed by atoms with van der Waals surface area (Å²) < 4.78 is 21.0. The van der Waals surface area contributed by atoms with Gasteiger partial charge in [0, 0.05) is 46.2 Å². The molecule has 1 aliphatic rings. The van der Waals surface area contributed by atoms with Gasteiger partial charge in [0.15, 0.2) is 0 Å². The lowest BCUT2D eigenvalue weighted by Gasteiger charge is -2.37. The number of halogens is 2. The summed E-state index contributed by atoms with van der Waals surface area (Å²) in [7, 11) is 1.65. The number of nitrogens with zero attached hydrogens (tertiary/aromatic N) is 2. The maximum absolute atomic E-state index is 14.6. The molecule has 0 saturated heterocycles. The van der Waals surface area contributed by atoms with Gasteiger partial charge in [0.05, 0.1) is 12.1 Å². The van der Waals surface area contributed by atoms with Gasteiger partial charge in [-0.3, -0.25) is 9.78 Å². The molecule has 0 atom stereocenters. The van der Waals surface area contributed by atoms with Crippen LogP contribution < -0.4 is 4.74 Å². The minimum atomic E-state index is -0.404. The molecule has 37 heavy (non-hydrogen) atoms. The fourth-order valence-electron chi connectivity index (χ4n) is 5.37. The Balaban J connectivity index is 1.54. The van der Waals surface area contributed by atoms with Gasteiger partial charge in [0.2, 0.25) is 0 Å². The van der Waals surface area contributed by atoms with Crippen molar-refractivity contribution in [3.8, 4) is 16.9 Å². The first-order valence-corrected chi connectivity index (χ1v) is 13.9. The number of ether oxygens (including phenoxy) is 1. The van der Waals surface area contributed by atoms with Gasteiger partial charge in [0.25, 0.3) is 5.91 Å². The highest BCUT2D eigenvalue weighted by Gasteiger charge is 2.32. The Labute approximate surface area is 226 Å². The number of carbonyl (C=O) groups is 1. The average Bonchev–Trinajstić information content (AvgIpc) is 3.29. The Bertz CT molecular complexity index is 1400. The van der Waals surface area contributed by atoms with Gasteiger partial charge in [-0.2, -0.15) is 0 Å². The van der Waals surface area contributed by atoms with Gasteiger partial charge in [-0.05, 0) is 67.5 Å². The Morgan fingerprint density at radius 3 is 2.62 bits per heavy atom. The largest absolute Gasteiger partial charge is 0.496 e. The monoisotopic (exact) mass is 536 g/mol. The van der Waals surface area contributed by atoms with Gasteiger partial charge in [0.1, 0.15) is 16.4 Å². The van der Waals surface area contributed by atoms with E-state index in [-0.39, 0.29) is 17.0 Å². The van der Waals surface area contributed by atoms with Crippen LogP contribution in [0.3, 0.4) is 0 Å². The number of fused-ring (bicyclic) bond motifs is 1. The number of hydrogen-bond acceptors (Lipinski definition) is 4. The smallest absolute Gasteiger partial charge is 0.266 e. The molecule has 2 aromatic heterocycles. The van der Waals surface area contributed by atoms with Crippen LogP contribution in [0.1, 0.15) is 54.3 Å². The number of hydrogen-bond donors (Lipinski definition) is 0. The fourth-order valence-corrected chi connectivity index (χ4v) is 6.88. The quantitative estimate of drug-likeness (QED) is 0.238. The number of amides is 1. The molecule has 4 aromatic rings. The molecule has 1 aliphatic carbocycles. The molecule has 0 N–H and O–H groups in total. The SMILES string of the molecule is CC[C@H]1CC[C@H](N(Cc2cc(-c3cccnc3)ccc2OC)C(=O)c2sc3cccc(F)c3c2Cl)CC1. The Morgan fingerprint density at radius 1 is 1.14 bits per heavy atom. The number of methoxy groups -OCH3 is 1. The summed E-state index contributed by atoms with van der Waals surface area (Å²) in [5.74, 6) is 0.859. The summed E-state index contributed by atoms with van der Waals surface area (Å²) in [5, 5.41) is 0.523. The maximum atomic E-state index is 14.6. The van der Waals surface area contributed by atoms with Crippen LogP contribution in [0.5, 0.6) is 5.75 Å². The Kier molecular flexibility index (Phi) is 7.77. The second-order valence-electron chi connectivity index (χ2n) is 9.64. The van der Waals surface area contributed by atoms with Crippen LogP contribution in [0.2, 0.25) is 5.02 Å². The summed E-state index contributed by atoms with van der Waals surface area (Å²) in [6.07, 6.45) is 8.78. The molecule has 0 spiro atoms. The van der Waals surface area contributed by atoms with E-state index in [9.17, 15) is 9.18 Å². The van der Waals surface area contributed by atoms with Crippen LogP contribution in [0.15, 0.2) is 60.9 Å². The number of thiophene rings is 1. The first-order chi connectivity index (χ1) is 18.0. The molecule has 1 fully saturated rings. The zero-order valence-electron chi connectivity index (χ0n) is 21.0. The summed E-state index contributed by atoms with van der Waals surface area (Å²) in [5.41, 5.74) is 2.92. The first-order valence-electron chi connectivity index (χ1n) is 12.7. The van der Waals surface area contributed by atoms with Gasteiger partial charge in [-0.15, -0.1) is 11.3 Å². The standard InChI is InChI=1S/C30H30ClFN2O2S/c1-3-19-9-12-23(13-10-19)34(30(35)29-28(31)27-24(32)7-4-8-26(27)37-29)18-22-16-20(11-14-25(22)36-2)21-6-5-15-33-17-21/h4-8,11,14-17,19,23H,3,9-10,12-13,18H2,1-2H3/t19-,23-. The molecule has 0 radical (unpaired) electrons. The predicted molar refractivity (Wildman–Crippen MR) is 149 cm³/mol. The molecule has 5 rings (SSSR count). The van der Waals surface area contributed by atoms with Crippen molar-refractivity contribution in [2.45, 2.75) is 51.6 Å². The number of aromatic nitrogens is 1. The number of benzene rings is 2. The number of carbonyl (C=O) groups excluding carboxylic acids is 1. The molecule has 2 aromatic carbocycles. The molecule has 0 aliphatic heterocycles. The lowest BCUT2D eigenvalue weighted by molar-refractivity contribution is 0.0591. The Morgan fingerprint density at radius 2 is 1.95 bits per heavy atom. The molecule has 192 valence electrons. The van der Waals surface area contributed by atoms with Crippen LogP contribution >= 0.6 is 22.9 Å². The summed E-state index contributed by atoms with van der Waals surface area (Å²) >= 11 is 7.91. The third-order valence-corrected chi connectivity index (χ3v) is 9.14. The van der Waals surface area contributed by atoms with Crippen LogP contribution in [0.4, 0.5) is 4.39 Å². The van der Waals surface area contributed by atoms with Gasteiger partial charge >= 0.3 is 0 Å². The molecule has 1 amide bonds. The van der Waals surface area contributed by atoms with Crippen molar-refractivity contribution >= 4 is 38.9 Å². The lowest BCUT2D eigenvalue weighted by atomic mass is 9.83. The van der Waals surface area contributed by atoms with Crippen molar-refractivity contribution < 1.29 is 13.9 Å². The van der Waals surface area contributed by atoms with E-state index in [4.69, 9.17) is 16.3 Å². The van der Waals surface area contributed by atoms with Crippen LogP contribution in [-0.4, -0.2) is 28.9 Å². The molecule has 0 bridgehead atoms. The van der Waals surface area contributed by atoms with E-state index in [0.29, 0.717) is 27.4 Å². The van der Waals surface area contributed by atoms with E-state index in [0.717, 1.165) is 54.5 Å². The minimum Gasteiger partial charge on any atom is -0.496 e. The second-order valence-corrected chi connectivity index (χ2v) is 11.1. The lowest BCUT2D eigenvalue weighted by Crippen LogP contribution is -2.41. The molecular weight excluding hydrogens is 507 g/mol. The minimum absolute atomic E-state index is 0.0770. The van der Waals surface area contributed by atoms with E-state index in [1.54, 1.807) is 19.4 Å². The van der Waals surface area contributed by atoms with Crippen LogP contribution in [-0.2, 0) is 6.54 Å². The highest BCUT2D eigenvalue weighted by atomic mass is 35.5. The first kappa shape index (κ1) is 25.7. The summed E-state index contributed by atoms with van der Waals surface area (Å²) in [6.45, 7) is 2.61.